The van der Waals surface area contributed by atoms with Gasteiger partial charge in [0.25, 0.3) is 0 Å². The highest BCUT2D eigenvalue weighted by Crippen LogP contribution is 2.32. The highest BCUT2D eigenvalue weighted by molar-refractivity contribution is 6.16. The molecule has 0 saturated carbocycles. The first-order valence-electron chi connectivity index (χ1n) is 7.30. The topological polar surface area (TPSA) is 49.2 Å². The zero-order valence-corrected chi connectivity index (χ0v) is 13.1. The summed E-state index contributed by atoms with van der Waals surface area (Å²) in [5, 5.41) is 0. The van der Waals surface area contributed by atoms with E-state index in [0.717, 1.165) is 43.0 Å². The van der Waals surface area contributed by atoms with Gasteiger partial charge in [-0.3, -0.25) is 0 Å². The zero-order chi connectivity index (χ0) is 14.8. The molecule has 0 amide bonds. The minimum atomic E-state index is 0.298. The monoisotopic (exact) mass is 309 g/mol. The van der Waals surface area contributed by atoms with Crippen molar-refractivity contribution >= 4 is 22.8 Å². The molecule has 1 unspecified atom stereocenters. The van der Waals surface area contributed by atoms with Crippen molar-refractivity contribution < 1.29 is 9.47 Å². The number of nitrogens with zero attached hydrogens (tertiary/aromatic N) is 3. The number of imidazole rings is 1. The van der Waals surface area contributed by atoms with Gasteiger partial charge in [-0.1, -0.05) is 0 Å². The van der Waals surface area contributed by atoms with Crippen LogP contribution < -0.4 is 4.74 Å². The molecule has 1 fully saturated rings. The molecular weight excluding hydrogens is 290 g/mol. The summed E-state index contributed by atoms with van der Waals surface area (Å²) in [6.07, 6.45) is 2.12. The third kappa shape index (κ3) is 2.72. The van der Waals surface area contributed by atoms with E-state index in [4.69, 9.17) is 21.1 Å². The predicted molar refractivity (Wildman–Crippen MR) is 81.9 cm³/mol. The number of alkyl halides is 1. The molecule has 2 aromatic heterocycles. The van der Waals surface area contributed by atoms with Crippen molar-refractivity contribution in [2.24, 2.45) is 5.92 Å². The maximum Gasteiger partial charge on any atom is 0.215 e. The lowest BCUT2D eigenvalue weighted by molar-refractivity contribution is 0.0515. The standard InChI is InChI=1S/C15H20ClN3O2/c1-10(11-5-7-21-8-6-11)19-13(9-16)17-12-3-4-14(20-2)18-15(12)19/h3-4,10-11H,5-9H2,1-2H3. The van der Waals surface area contributed by atoms with Crippen LogP contribution in [0.2, 0.25) is 0 Å². The van der Waals surface area contributed by atoms with Crippen molar-refractivity contribution in [3.8, 4) is 5.88 Å². The molecule has 0 bridgehead atoms. The summed E-state index contributed by atoms with van der Waals surface area (Å²) in [4.78, 5) is 9.17. The number of hydrogen-bond donors (Lipinski definition) is 0. The molecule has 114 valence electrons. The van der Waals surface area contributed by atoms with Crippen LogP contribution in [0, 0.1) is 5.92 Å². The molecule has 1 aliphatic heterocycles. The fraction of sp³-hybridized carbons (Fsp3) is 0.600. The van der Waals surface area contributed by atoms with E-state index in [1.54, 1.807) is 7.11 Å². The zero-order valence-electron chi connectivity index (χ0n) is 12.4. The van der Waals surface area contributed by atoms with Gasteiger partial charge in [-0.25, -0.2) is 4.98 Å². The summed E-state index contributed by atoms with van der Waals surface area (Å²) < 4.78 is 12.9. The highest BCUT2D eigenvalue weighted by atomic mass is 35.5. The molecule has 1 saturated heterocycles. The lowest BCUT2D eigenvalue weighted by Gasteiger charge is -2.29. The number of aromatic nitrogens is 3. The van der Waals surface area contributed by atoms with Crippen LogP contribution in [0.25, 0.3) is 11.2 Å². The molecule has 0 N–H and O–H groups in total. The largest absolute Gasteiger partial charge is 0.481 e. The fourth-order valence-corrected chi connectivity index (χ4v) is 3.24. The van der Waals surface area contributed by atoms with E-state index in [1.807, 2.05) is 12.1 Å². The van der Waals surface area contributed by atoms with E-state index < -0.39 is 0 Å². The Morgan fingerprint density at radius 2 is 2.14 bits per heavy atom. The van der Waals surface area contributed by atoms with Crippen LogP contribution in [0.1, 0.15) is 31.6 Å². The summed E-state index contributed by atoms with van der Waals surface area (Å²) in [6.45, 7) is 3.87. The Kier molecular flexibility index (Phi) is 4.31. The Balaban J connectivity index is 2.05. The maximum absolute atomic E-state index is 6.09. The number of fused-ring (bicyclic) bond motifs is 1. The van der Waals surface area contributed by atoms with E-state index in [2.05, 4.69) is 21.5 Å². The molecule has 21 heavy (non-hydrogen) atoms. The van der Waals surface area contributed by atoms with Gasteiger partial charge in [0, 0.05) is 25.3 Å². The quantitative estimate of drug-likeness (QED) is 0.814. The van der Waals surface area contributed by atoms with Crippen molar-refractivity contribution in [3.63, 3.8) is 0 Å². The van der Waals surface area contributed by atoms with Gasteiger partial charge in [0.05, 0.1) is 13.0 Å². The summed E-state index contributed by atoms with van der Waals surface area (Å²) in [5.74, 6) is 2.41. The van der Waals surface area contributed by atoms with Crippen molar-refractivity contribution in [1.82, 2.24) is 14.5 Å². The summed E-state index contributed by atoms with van der Waals surface area (Å²) in [6, 6.07) is 4.06. The van der Waals surface area contributed by atoms with Gasteiger partial charge in [-0.05, 0) is 31.7 Å². The minimum absolute atomic E-state index is 0.298. The molecule has 0 radical (unpaired) electrons. The summed E-state index contributed by atoms with van der Waals surface area (Å²) >= 11 is 6.09. The molecule has 1 atom stereocenters. The highest BCUT2D eigenvalue weighted by Gasteiger charge is 2.26. The molecule has 0 aliphatic carbocycles. The molecule has 0 spiro atoms. The Hall–Kier alpha value is -1.33. The van der Waals surface area contributed by atoms with E-state index in [1.165, 1.54) is 0 Å². The molecule has 1 aliphatic rings. The van der Waals surface area contributed by atoms with Crippen LogP contribution in [0.15, 0.2) is 12.1 Å². The normalized spacial score (nSPS) is 18.0. The van der Waals surface area contributed by atoms with Crippen molar-refractivity contribution in [2.45, 2.75) is 31.7 Å². The van der Waals surface area contributed by atoms with Crippen molar-refractivity contribution in [1.29, 1.82) is 0 Å². The van der Waals surface area contributed by atoms with Crippen LogP contribution in [0.5, 0.6) is 5.88 Å². The number of methoxy groups -OCH3 is 1. The molecule has 3 heterocycles. The van der Waals surface area contributed by atoms with E-state index >= 15 is 0 Å². The van der Waals surface area contributed by atoms with Crippen LogP contribution in [-0.4, -0.2) is 34.9 Å². The number of pyridine rings is 1. The molecule has 5 nitrogen and oxygen atoms in total. The third-order valence-corrected chi connectivity index (χ3v) is 4.51. The Labute approximate surface area is 129 Å². The number of halogens is 1. The SMILES string of the molecule is COc1ccc2nc(CCl)n(C(C)C3CCOCC3)c2n1. The fourth-order valence-electron chi connectivity index (χ4n) is 3.05. The minimum Gasteiger partial charge on any atom is -0.481 e. The van der Waals surface area contributed by atoms with Crippen molar-refractivity contribution in [2.75, 3.05) is 20.3 Å². The smallest absolute Gasteiger partial charge is 0.215 e. The van der Waals surface area contributed by atoms with Crippen LogP contribution >= 0.6 is 11.6 Å². The number of hydrogen-bond acceptors (Lipinski definition) is 4. The van der Waals surface area contributed by atoms with E-state index in [-0.39, 0.29) is 0 Å². The first-order valence-corrected chi connectivity index (χ1v) is 7.83. The van der Waals surface area contributed by atoms with Crippen LogP contribution in [-0.2, 0) is 10.6 Å². The third-order valence-electron chi connectivity index (χ3n) is 4.27. The summed E-state index contributed by atoms with van der Waals surface area (Å²) in [7, 11) is 1.62. The van der Waals surface area contributed by atoms with Crippen molar-refractivity contribution in [3.05, 3.63) is 18.0 Å². The molecule has 0 aromatic carbocycles. The number of ether oxygens (including phenoxy) is 2. The second-order valence-electron chi connectivity index (χ2n) is 5.42. The lowest BCUT2D eigenvalue weighted by Crippen LogP contribution is -2.25. The first-order chi connectivity index (χ1) is 10.2. The summed E-state index contributed by atoms with van der Waals surface area (Å²) in [5.41, 5.74) is 1.72. The predicted octanol–water partition coefficient (Wildman–Crippen LogP) is 3.17. The second kappa shape index (κ2) is 6.20. The molecule has 3 rings (SSSR count). The van der Waals surface area contributed by atoms with Crippen LogP contribution in [0.3, 0.4) is 0 Å². The Bertz CT molecular complexity index is 623. The maximum atomic E-state index is 6.09. The Morgan fingerprint density at radius 3 is 2.81 bits per heavy atom. The molecule has 6 heteroatoms. The van der Waals surface area contributed by atoms with Gasteiger partial charge >= 0.3 is 0 Å². The van der Waals surface area contributed by atoms with Gasteiger partial charge in [0.15, 0.2) is 5.65 Å². The first kappa shape index (κ1) is 14.6. The lowest BCUT2D eigenvalue weighted by atomic mass is 9.92. The average Bonchev–Trinajstić information content (AvgIpc) is 2.92. The van der Waals surface area contributed by atoms with E-state index in [9.17, 15) is 0 Å². The van der Waals surface area contributed by atoms with Gasteiger partial charge in [-0.2, -0.15) is 4.98 Å². The van der Waals surface area contributed by atoms with Gasteiger partial charge in [0.1, 0.15) is 11.3 Å². The average molecular weight is 310 g/mol. The Morgan fingerprint density at radius 1 is 1.38 bits per heavy atom. The van der Waals surface area contributed by atoms with Gasteiger partial charge in [0.2, 0.25) is 5.88 Å². The number of rotatable bonds is 4. The second-order valence-corrected chi connectivity index (χ2v) is 5.69. The van der Waals surface area contributed by atoms with Crippen LogP contribution in [0.4, 0.5) is 0 Å². The van der Waals surface area contributed by atoms with Gasteiger partial charge < -0.3 is 14.0 Å². The van der Waals surface area contributed by atoms with Gasteiger partial charge in [-0.15, -0.1) is 11.6 Å². The molecule has 2 aromatic rings. The molecular formula is C15H20ClN3O2. The van der Waals surface area contributed by atoms with E-state index in [0.29, 0.717) is 23.7 Å².